The van der Waals surface area contributed by atoms with Crippen LogP contribution in [0.25, 0.3) is 22.3 Å². The molecule has 1 aromatic carbocycles. The molecule has 0 aliphatic heterocycles. The maximum absolute atomic E-state index is 13.1. The van der Waals surface area contributed by atoms with Crippen LogP contribution in [0.5, 0.6) is 11.5 Å². The second-order valence-electron chi connectivity index (χ2n) is 9.86. The highest BCUT2D eigenvalue weighted by Gasteiger charge is 2.61. The van der Waals surface area contributed by atoms with Crippen LogP contribution in [-0.2, 0) is 19.1 Å². The van der Waals surface area contributed by atoms with Gasteiger partial charge in [-0.25, -0.2) is 14.8 Å². The summed E-state index contributed by atoms with van der Waals surface area (Å²) in [6.45, 7) is 5.19. The molecule has 10 nitrogen and oxygen atoms in total. The molecule has 2 aliphatic rings. The van der Waals surface area contributed by atoms with Crippen LogP contribution >= 0.6 is 11.3 Å². The molecule has 11 heteroatoms. The minimum absolute atomic E-state index is 0.127. The maximum Gasteiger partial charge on any atom is 0.332 e. The number of anilines is 1. The number of esters is 1. The van der Waals surface area contributed by atoms with Crippen LogP contribution in [0.3, 0.4) is 0 Å². The zero-order valence-electron chi connectivity index (χ0n) is 22.0. The largest absolute Gasteiger partial charge is 0.497 e. The number of methoxy groups -OCH3 is 2. The molecular weight excluding hydrogens is 520 g/mol. The zero-order valence-corrected chi connectivity index (χ0v) is 22.8. The van der Waals surface area contributed by atoms with Crippen molar-refractivity contribution in [3.63, 3.8) is 0 Å². The zero-order chi connectivity index (χ0) is 27.7. The number of nitrogens with one attached hydrogen (secondary N) is 2. The number of nitrogens with zero attached hydrogens (tertiary/aromatic N) is 2. The van der Waals surface area contributed by atoms with Gasteiger partial charge in [-0.15, -0.1) is 17.9 Å². The number of hydrogen-bond donors (Lipinski definition) is 2. The molecular formula is C28H30N4O6S. The summed E-state index contributed by atoms with van der Waals surface area (Å²) >= 11 is 1.31. The van der Waals surface area contributed by atoms with E-state index in [1.165, 1.54) is 25.4 Å². The van der Waals surface area contributed by atoms with Crippen LogP contribution in [0, 0.1) is 11.8 Å². The third kappa shape index (κ3) is 5.31. The van der Waals surface area contributed by atoms with Crippen molar-refractivity contribution in [1.29, 1.82) is 0 Å². The van der Waals surface area contributed by atoms with E-state index < -0.39 is 11.5 Å². The predicted molar refractivity (Wildman–Crippen MR) is 147 cm³/mol. The Bertz CT molecular complexity index is 1460. The Morgan fingerprint density at radius 1 is 1.15 bits per heavy atom. The number of benzene rings is 1. The number of carbonyl (C=O) groups is 3. The molecule has 0 saturated heterocycles. The average molecular weight is 551 g/mol. The van der Waals surface area contributed by atoms with Gasteiger partial charge in [-0.05, 0) is 37.8 Å². The van der Waals surface area contributed by atoms with Gasteiger partial charge in [-0.2, -0.15) is 0 Å². The third-order valence-corrected chi connectivity index (χ3v) is 8.03. The van der Waals surface area contributed by atoms with E-state index in [-0.39, 0.29) is 29.8 Å². The highest BCUT2D eigenvalue weighted by atomic mass is 32.1. The topological polar surface area (TPSA) is 129 Å². The van der Waals surface area contributed by atoms with Crippen molar-refractivity contribution in [3.05, 3.63) is 42.3 Å². The molecule has 4 atom stereocenters. The van der Waals surface area contributed by atoms with Gasteiger partial charge >= 0.3 is 5.97 Å². The molecule has 2 amide bonds. The van der Waals surface area contributed by atoms with Crippen molar-refractivity contribution in [1.82, 2.24) is 15.3 Å². The van der Waals surface area contributed by atoms with Gasteiger partial charge in [0.05, 0.1) is 31.5 Å². The van der Waals surface area contributed by atoms with Crippen molar-refractivity contribution in [3.8, 4) is 22.9 Å². The fourth-order valence-electron chi connectivity index (χ4n) is 5.10. The first-order chi connectivity index (χ1) is 18.8. The van der Waals surface area contributed by atoms with E-state index in [1.54, 1.807) is 13.2 Å². The average Bonchev–Trinajstić information content (AvgIpc) is 3.21. The number of amides is 2. The molecule has 2 aromatic heterocycles. The summed E-state index contributed by atoms with van der Waals surface area (Å²) in [6.07, 6.45) is 3.82. The molecule has 4 unspecified atom stereocenters. The fourth-order valence-corrected chi connectivity index (χ4v) is 5.85. The number of thiazole rings is 1. The smallest absolute Gasteiger partial charge is 0.332 e. The lowest BCUT2D eigenvalue weighted by Crippen LogP contribution is -2.47. The molecule has 0 radical (unpaired) electrons. The number of pyridine rings is 1. The summed E-state index contributed by atoms with van der Waals surface area (Å²) in [5, 5.41) is 8.74. The standard InChI is InChI=1S/C28H30N4O6S/c1-5-17-13-28(17,26(35)37-4)32-25(34)16-6-7-19(10-16)38-24-12-22(23-14-39-27(31-23)29-15(2)33)30-21-11-18(36-3)8-9-20(21)24/h5,8-9,11-12,14,16-17,19H,1,6-7,10,13H2,2-4H3,(H,32,34)(H,29,31,33). The molecule has 3 aromatic rings. The predicted octanol–water partition coefficient (Wildman–Crippen LogP) is 4.11. The third-order valence-electron chi connectivity index (χ3n) is 7.27. The lowest BCUT2D eigenvalue weighted by Gasteiger charge is -2.20. The number of aromatic nitrogens is 2. The van der Waals surface area contributed by atoms with Gasteiger partial charge in [0, 0.05) is 41.7 Å². The Balaban J connectivity index is 1.36. The molecule has 2 saturated carbocycles. The van der Waals surface area contributed by atoms with Crippen LogP contribution in [0.1, 0.15) is 32.6 Å². The SMILES string of the molecule is C=CC1CC1(NC(=O)C1CCC(Oc2cc(-c3csc(NC(C)=O)n3)nc3cc(OC)ccc23)C1)C(=O)OC. The number of carbonyl (C=O) groups excluding carboxylic acids is 3. The van der Waals surface area contributed by atoms with Gasteiger partial charge in [-0.3, -0.25) is 9.59 Å². The van der Waals surface area contributed by atoms with E-state index in [1.807, 2.05) is 29.6 Å². The van der Waals surface area contributed by atoms with E-state index in [4.69, 9.17) is 19.2 Å². The van der Waals surface area contributed by atoms with Gasteiger partial charge in [0.1, 0.15) is 22.7 Å². The summed E-state index contributed by atoms with van der Waals surface area (Å²) in [4.78, 5) is 46.2. The van der Waals surface area contributed by atoms with Crippen LogP contribution in [0.2, 0.25) is 0 Å². The highest BCUT2D eigenvalue weighted by Crippen LogP contribution is 2.46. The molecule has 5 rings (SSSR count). The van der Waals surface area contributed by atoms with Crippen molar-refractivity contribution >= 4 is 45.2 Å². The first-order valence-corrected chi connectivity index (χ1v) is 13.6. The normalized spacial score (nSPS) is 23.6. The summed E-state index contributed by atoms with van der Waals surface area (Å²) in [5.41, 5.74) is 0.865. The Kier molecular flexibility index (Phi) is 7.26. The van der Waals surface area contributed by atoms with Gasteiger partial charge in [-0.1, -0.05) is 6.08 Å². The molecule has 2 heterocycles. The maximum atomic E-state index is 13.1. The first-order valence-electron chi connectivity index (χ1n) is 12.7. The quantitative estimate of drug-likeness (QED) is 0.301. The number of rotatable bonds is 9. The van der Waals surface area contributed by atoms with Crippen molar-refractivity contribution in [2.24, 2.45) is 11.8 Å². The Morgan fingerprint density at radius 2 is 1.97 bits per heavy atom. The molecule has 39 heavy (non-hydrogen) atoms. The Labute approximate surface area is 229 Å². The molecule has 2 N–H and O–H groups in total. The van der Waals surface area contributed by atoms with Crippen molar-refractivity contribution in [2.45, 2.75) is 44.2 Å². The number of ether oxygens (including phenoxy) is 3. The van der Waals surface area contributed by atoms with E-state index in [2.05, 4.69) is 22.2 Å². The summed E-state index contributed by atoms with van der Waals surface area (Å²) < 4.78 is 16.8. The van der Waals surface area contributed by atoms with E-state index in [0.29, 0.717) is 59.2 Å². The number of fused-ring (bicyclic) bond motifs is 1. The molecule has 204 valence electrons. The monoisotopic (exact) mass is 550 g/mol. The van der Waals surface area contributed by atoms with E-state index >= 15 is 0 Å². The molecule has 0 bridgehead atoms. The molecule has 0 spiro atoms. The molecule has 2 fully saturated rings. The van der Waals surface area contributed by atoms with Crippen LogP contribution in [0.4, 0.5) is 5.13 Å². The minimum atomic E-state index is -1.01. The van der Waals surface area contributed by atoms with Crippen LogP contribution in [0.15, 0.2) is 42.3 Å². The minimum Gasteiger partial charge on any atom is -0.497 e. The van der Waals surface area contributed by atoms with Gasteiger partial charge < -0.3 is 24.8 Å². The van der Waals surface area contributed by atoms with Gasteiger partial charge in [0.2, 0.25) is 11.8 Å². The number of hydrogen-bond acceptors (Lipinski definition) is 9. The van der Waals surface area contributed by atoms with E-state index in [0.717, 1.165) is 5.39 Å². The van der Waals surface area contributed by atoms with E-state index in [9.17, 15) is 14.4 Å². The van der Waals surface area contributed by atoms with Crippen molar-refractivity contribution < 1.29 is 28.6 Å². The fraction of sp³-hybridized carbons (Fsp3) is 0.393. The van der Waals surface area contributed by atoms with Crippen LogP contribution in [-0.4, -0.2) is 53.6 Å². The summed E-state index contributed by atoms with van der Waals surface area (Å²) in [7, 11) is 2.92. The lowest BCUT2D eigenvalue weighted by molar-refractivity contribution is -0.147. The van der Waals surface area contributed by atoms with Gasteiger partial charge in [0.25, 0.3) is 0 Å². The Hall–Kier alpha value is -3.99. The van der Waals surface area contributed by atoms with Crippen molar-refractivity contribution in [2.75, 3.05) is 19.5 Å². The second-order valence-corrected chi connectivity index (χ2v) is 10.7. The highest BCUT2D eigenvalue weighted by molar-refractivity contribution is 7.14. The first kappa shape index (κ1) is 26.6. The van der Waals surface area contributed by atoms with Gasteiger partial charge in [0.15, 0.2) is 5.13 Å². The summed E-state index contributed by atoms with van der Waals surface area (Å²) in [6, 6.07) is 7.40. The summed E-state index contributed by atoms with van der Waals surface area (Å²) in [5.74, 6) is 0.0559. The lowest BCUT2D eigenvalue weighted by atomic mass is 10.1. The molecule has 2 aliphatic carbocycles. The van der Waals surface area contributed by atoms with Crippen LogP contribution < -0.4 is 20.1 Å². The second kappa shape index (κ2) is 10.6. The Morgan fingerprint density at radius 3 is 2.67 bits per heavy atom.